The number of hydrogen-bond acceptors (Lipinski definition) is 5. The van der Waals surface area contributed by atoms with Crippen molar-refractivity contribution >= 4 is 11.8 Å². The van der Waals surface area contributed by atoms with E-state index >= 15 is 0 Å². The van der Waals surface area contributed by atoms with Crippen LogP contribution in [0.25, 0.3) is 0 Å². The van der Waals surface area contributed by atoms with Gasteiger partial charge in [-0.1, -0.05) is 12.7 Å². The van der Waals surface area contributed by atoms with Crippen LogP contribution in [0, 0.1) is 17.8 Å². The van der Waals surface area contributed by atoms with E-state index in [1.54, 1.807) is 0 Å². The van der Waals surface area contributed by atoms with Gasteiger partial charge >= 0.3 is 5.97 Å². The SMILES string of the molecule is C=CCOC(=O)C1C(=O)C[C@H]2[C@@H]1CCC21O[C@H](C)[C@@H](C)O1. The Kier molecular flexibility index (Phi) is 3.66. The van der Waals surface area contributed by atoms with E-state index in [2.05, 4.69) is 6.58 Å². The van der Waals surface area contributed by atoms with E-state index < -0.39 is 17.7 Å². The lowest BCUT2D eigenvalue weighted by molar-refractivity contribution is -0.198. The third-order valence-electron chi connectivity index (χ3n) is 5.13. The second kappa shape index (κ2) is 5.21. The molecular formula is C16H22O5. The Balaban J connectivity index is 1.77. The molecule has 0 N–H and O–H groups in total. The number of fused-ring (bicyclic) bond motifs is 2. The predicted octanol–water partition coefficient (Wildman–Crippen LogP) is 1.85. The number of hydrogen-bond donors (Lipinski definition) is 0. The summed E-state index contributed by atoms with van der Waals surface area (Å²) < 4.78 is 17.2. The van der Waals surface area contributed by atoms with E-state index in [0.717, 1.165) is 12.8 Å². The lowest BCUT2D eigenvalue weighted by atomic mass is 9.90. The van der Waals surface area contributed by atoms with Crippen molar-refractivity contribution in [3.8, 4) is 0 Å². The molecule has 3 rings (SSSR count). The van der Waals surface area contributed by atoms with Gasteiger partial charge in [-0.2, -0.15) is 0 Å². The van der Waals surface area contributed by atoms with Crippen LogP contribution in [0.4, 0.5) is 0 Å². The molecule has 21 heavy (non-hydrogen) atoms. The molecule has 3 aliphatic rings. The van der Waals surface area contributed by atoms with Crippen molar-refractivity contribution in [1.82, 2.24) is 0 Å². The Bertz CT molecular complexity index is 461. The molecule has 0 amide bonds. The summed E-state index contributed by atoms with van der Waals surface area (Å²) in [6, 6.07) is 0. The molecule has 2 aliphatic carbocycles. The van der Waals surface area contributed by atoms with E-state index in [4.69, 9.17) is 14.2 Å². The Morgan fingerprint density at radius 1 is 1.43 bits per heavy atom. The van der Waals surface area contributed by atoms with Crippen molar-refractivity contribution in [3.05, 3.63) is 12.7 Å². The summed E-state index contributed by atoms with van der Waals surface area (Å²) in [5, 5.41) is 0. The third-order valence-corrected chi connectivity index (χ3v) is 5.13. The van der Waals surface area contributed by atoms with Crippen molar-refractivity contribution in [2.24, 2.45) is 17.8 Å². The van der Waals surface area contributed by atoms with Gasteiger partial charge < -0.3 is 14.2 Å². The second-order valence-corrected chi connectivity index (χ2v) is 6.33. The van der Waals surface area contributed by atoms with E-state index in [0.29, 0.717) is 6.42 Å². The molecule has 1 spiro atoms. The van der Waals surface area contributed by atoms with Gasteiger partial charge in [0.2, 0.25) is 0 Å². The summed E-state index contributed by atoms with van der Waals surface area (Å²) in [6.07, 6.45) is 3.41. The van der Waals surface area contributed by atoms with Crippen molar-refractivity contribution in [1.29, 1.82) is 0 Å². The fourth-order valence-electron chi connectivity index (χ4n) is 4.05. The zero-order chi connectivity index (χ0) is 15.2. The molecule has 5 nitrogen and oxygen atoms in total. The minimum Gasteiger partial charge on any atom is -0.461 e. The molecule has 0 radical (unpaired) electrons. The highest BCUT2D eigenvalue weighted by molar-refractivity contribution is 6.01. The molecule has 1 heterocycles. The van der Waals surface area contributed by atoms with Gasteiger partial charge in [-0.05, 0) is 26.2 Å². The van der Waals surface area contributed by atoms with Crippen LogP contribution in [0.2, 0.25) is 0 Å². The third kappa shape index (κ3) is 2.23. The number of ether oxygens (including phenoxy) is 3. The first-order valence-electron chi connectivity index (χ1n) is 7.64. The summed E-state index contributed by atoms with van der Waals surface area (Å²) >= 11 is 0. The molecule has 0 aromatic carbocycles. The summed E-state index contributed by atoms with van der Waals surface area (Å²) in [5.41, 5.74) is 0. The van der Waals surface area contributed by atoms with Gasteiger partial charge in [-0.3, -0.25) is 9.59 Å². The van der Waals surface area contributed by atoms with E-state index in [1.807, 2.05) is 13.8 Å². The second-order valence-electron chi connectivity index (χ2n) is 6.33. The van der Waals surface area contributed by atoms with Crippen molar-refractivity contribution in [2.45, 2.75) is 51.1 Å². The standard InChI is InChI=1S/C16H22O5/c1-4-7-19-15(18)14-11-5-6-16(12(11)8-13(14)17)20-9(2)10(3)21-16/h4,9-12,14H,1,5-8H2,2-3H3/t9-,10-,11+,12+,14?/m1/s1. The number of rotatable bonds is 3. The zero-order valence-electron chi connectivity index (χ0n) is 12.5. The van der Waals surface area contributed by atoms with Crippen LogP contribution in [0.3, 0.4) is 0 Å². The lowest BCUT2D eigenvalue weighted by Crippen LogP contribution is -2.36. The fourth-order valence-corrected chi connectivity index (χ4v) is 4.05. The van der Waals surface area contributed by atoms with Gasteiger partial charge in [-0.15, -0.1) is 0 Å². The maximum Gasteiger partial charge on any atom is 0.317 e. The maximum absolute atomic E-state index is 12.3. The summed E-state index contributed by atoms with van der Waals surface area (Å²) in [7, 11) is 0. The average molecular weight is 294 g/mol. The molecule has 116 valence electrons. The molecule has 0 aromatic rings. The predicted molar refractivity (Wildman–Crippen MR) is 74.3 cm³/mol. The summed E-state index contributed by atoms with van der Waals surface area (Å²) in [4.78, 5) is 24.4. The van der Waals surface area contributed by atoms with Crippen LogP contribution in [-0.4, -0.2) is 36.4 Å². The fraction of sp³-hybridized carbons (Fsp3) is 0.750. The molecular weight excluding hydrogens is 272 g/mol. The highest BCUT2D eigenvalue weighted by atomic mass is 16.8. The maximum atomic E-state index is 12.3. The molecule has 1 aliphatic heterocycles. The molecule has 1 unspecified atom stereocenters. The van der Waals surface area contributed by atoms with Gasteiger partial charge in [0.1, 0.15) is 18.3 Å². The Labute approximate surface area is 124 Å². The quantitative estimate of drug-likeness (QED) is 0.451. The van der Waals surface area contributed by atoms with Crippen LogP contribution < -0.4 is 0 Å². The number of carbonyl (C=O) groups is 2. The first kappa shape index (κ1) is 14.7. The van der Waals surface area contributed by atoms with Crippen molar-refractivity contribution in [2.75, 3.05) is 6.61 Å². The molecule has 3 fully saturated rings. The first-order chi connectivity index (χ1) is 9.98. The van der Waals surface area contributed by atoms with Crippen LogP contribution >= 0.6 is 0 Å². The molecule has 0 aromatic heterocycles. The average Bonchev–Trinajstić information content (AvgIpc) is 3.03. The lowest BCUT2D eigenvalue weighted by Gasteiger charge is -2.29. The molecule has 0 bridgehead atoms. The Hall–Kier alpha value is -1.20. The van der Waals surface area contributed by atoms with Gasteiger partial charge in [0.15, 0.2) is 5.79 Å². The Morgan fingerprint density at radius 3 is 2.71 bits per heavy atom. The van der Waals surface area contributed by atoms with E-state index in [-0.39, 0.29) is 36.4 Å². The van der Waals surface area contributed by atoms with Crippen molar-refractivity contribution < 1.29 is 23.8 Å². The van der Waals surface area contributed by atoms with E-state index in [9.17, 15) is 9.59 Å². The number of esters is 1. The Morgan fingerprint density at radius 2 is 2.10 bits per heavy atom. The minimum atomic E-state index is -0.674. The number of carbonyl (C=O) groups excluding carboxylic acids is 2. The van der Waals surface area contributed by atoms with Gasteiger partial charge in [-0.25, -0.2) is 0 Å². The molecule has 1 saturated heterocycles. The monoisotopic (exact) mass is 294 g/mol. The minimum absolute atomic E-state index is 0.0191. The van der Waals surface area contributed by atoms with Crippen LogP contribution in [-0.2, 0) is 23.8 Å². The van der Waals surface area contributed by atoms with Crippen molar-refractivity contribution in [3.63, 3.8) is 0 Å². The summed E-state index contributed by atoms with van der Waals surface area (Å²) in [5.74, 6) is -1.85. The normalized spacial score (nSPS) is 40.5. The highest BCUT2D eigenvalue weighted by Gasteiger charge is 2.63. The largest absolute Gasteiger partial charge is 0.461 e. The molecule has 5 heteroatoms. The first-order valence-corrected chi connectivity index (χ1v) is 7.64. The molecule has 5 atom stereocenters. The van der Waals surface area contributed by atoms with Crippen LogP contribution in [0.1, 0.15) is 33.1 Å². The topological polar surface area (TPSA) is 61.8 Å². The smallest absolute Gasteiger partial charge is 0.317 e. The van der Waals surface area contributed by atoms with Gasteiger partial charge in [0.05, 0.1) is 12.2 Å². The molecule has 2 saturated carbocycles. The van der Waals surface area contributed by atoms with Gasteiger partial charge in [0, 0.05) is 18.8 Å². The summed E-state index contributed by atoms with van der Waals surface area (Å²) in [6.45, 7) is 7.63. The van der Waals surface area contributed by atoms with Crippen LogP contribution in [0.5, 0.6) is 0 Å². The number of ketones is 1. The van der Waals surface area contributed by atoms with Gasteiger partial charge in [0.25, 0.3) is 0 Å². The van der Waals surface area contributed by atoms with E-state index in [1.165, 1.54) is 6.08 Å². The van der Waals surface area contributed by atoms with Crippen LogP contribution in [0.15, 0.2) is 12.7 Å². The zero-order valence-corrected chi connectivity index (χ0v) is 12.5. The highest BCUT2D eigenvalue weighted by Crippen LogP contribution is 2.56. The number of Topliss-reactive ketones (excluding diaryl/α,β-unsaturated/α-hetero) is 1.